The van der Waals surface area contributed by atoms with Gasteiger partial charge >= 0.3 is 0 Å². The quantitative estimate of drug-likeness (QED) is 0.909. The van der Waals surface area contributed by atoms with Gasteiger partial charge in [-0.3, -0.25) is 4.79 Å². The predicted octanol–water partition coefficient (Wildman–Crippen LogP) is 2.77. The van der Waals surface area contributed by atoms with Crippen molar-refractivity contribution in [1.82, 2.24) is 4.90 Å². The normalized spacial score (nSPS) is 16.5. The van der Waals surface area contributed by atoms with Crippen LogP contribution in [0.25, 0.3) is 0 Å². The van der Waals surface area contributed by atoms with Crippen LogP contribution in [-0.4, -0.2) is 36.0 Å². The fourth-order valence-electron chi connectivity index (χ4n) is 3.12. The lowest BCUT2D eigenvalue weighted by Crippen LogP contribution is -2.49. The summed E-state index contributed by atoms with van der Waals surface area (Å²) in [5.74, 6) is 0.204. The zero-order chi connectivity index (χ0) is 17.6. The molecule has 0 radical (unpaired) electrons. The van der Waals surface area contributed by atoms with Gasteiger partial charge in [-0.05, 0) is 24.1 Å². The minimum atomic E-state index is -0.525. The molecule has 1 aliphatic rings. The highest BCUT2D eigenvalue weighted by Crippen LogP contribution is 2.20. The number of nitrogens with two attached hydrogens (primary N) is 1. The van der Waals surface area contributed by atoms with Crippen LogP contribution in [0, 0.1) is 5.82 Å². The maximum atomic E-state index is 13.2. The second-order valence-corrected chi connectivity index (χ2v) is 6.40. The third-order valence-corrected chi connectivity index (χ3v) is 4.47. The van der Waals surface area contributed by atoms with E-state index < -0.39 is 6.04 Å². The largest absolute Gasteiger partial charge is 0.490 e. The van der Waals surface area contributed by atoms with Gasteiger partial charge in [0.05, 0.1) is 6.04 Å². The van der Waals surface area contributed by atoms with Gasteiger partial charge < -0.3 is 15.4 Å². The molecule has 0 aliphatic carbocycles. The van der Waals surface area contributed by atoms with Crippen molar-refractivity contribution in [3.63, 3.8) is 0 Å². The molecular weight excluding hydrogens is 319 g/mol. The average Bonchev–Trinajstić information content (AvgIpc) is 2.62. The number of ether oxygens (including phenoxy) is 1. The van der Waals surface area contributed by atoms with Crippen molar-refractivity contribution >= 4 is 5.91 Å². The Hall–Kier alpha value is -2.40. The first-order valence-corrected chi connectivity index (χ1v) is 8.62. The van der Waals surface area contributed by atoms with Crippen LogP contribution < -0.4 is 10.5 Å². The molecule has 1 fully saturated rings. The van der Waals surface area contributed by atoms with E-state index in [9.17, 15) is 9.18 Å². The summed E-state index contributed by atoms with van der Waals surface area (Å²) in [4.78, 5) is 14.3. The number of likely N-dealkylation sites (tertiary alicyclic amines) is 1. The fraction of sp³-hybridized carbons (Fsp3) is 0.350. The molecule has 1 amide bonds. The second kappa shape index (κ2) is 8.12. The molecule has 25 heavy (non-hydrogen) atoms. The Morgan fingerprint density at radius 2 is 1.88 bits per heavy atom. The zero-order valence-electron chi connectivity index (χ0n) is 14.1. The lowest BCUT2D eigenvalue weighted by Gasteiger charge is -2.33. The number of hydrogen-bond acceptors (Lipinski definition) is 3. The number of benzene rings is 2. The van der Waals surface area contributed by atoms with Crippen LogP contribution in [0.3, 0.4) is 0 Å². The third kappa shape index (κ3) is 4.79. The number of rotatable bonds is 5. The van der Waals surface area contributed by atoms with Crippen molar-refractivity contribution in [2.24, 2.45) is 5.73 Å². The number of piperidine rings is 1. The summed E-state index contributed by atoms with van der Waals surface area (Å²) in [5.41, 5.74) is 7.15. The first kappa shape index (κ1) is 17.4. The summed E-state index contributed by atoms with van der Waals surface area (Å²) in [7, 11) is 0. The summed E-state index contributed by atoms with van der Waals surface area (Å²) in [6.07, 6.45) is 1.98. The highest BCUT2D eigenvalue weighted by molar-refractivity contribution is 5.82. The second-order valence-electron chi connectivity index (χ2n) is 6.40. The van der Waals surface area contributed by atoms with E-state index in [1.54, 1.807) is 17.0 Å². The SMILES string of the molecule is NC(Cc1ccccc1)C(=O)N1CCC(Oc2cccc(F)c2)CC1. The molecule has 4 nitrogen and oxygen atoms in total. The van der Waals surface area contributed by atoms with E-state index in [1.807, 2.05) is 30.3 Å². The van der Waals surface area contributed by atoms with E-state index in [0.29, 0.717) is 25.3 Å². The molecule has 1 saturated heterocycles. The van der Waals surface area contributed by atoms with Gasteiger partial charge in [0.15, 0.2) is 0 Å². The number of halogens is 1. The van der Waals surface area contributed by atoms with Gasteiger partial charge in [-0.1, -0.05) is 36.4 Å². The topological polar surface area (TPSA) is 55.6 Å². The van der Waals surface area contributed by atoms with Gasteiger partial charge in [0, 0.05) is 32.0 Å². The lowest BCUT2D eigenvalue weighted by atomic mass is 10.0. The van der Waals surface area contributed by atoms with E-state index in [-0.39, 0.29) is 17.8 Å². The van der Waals surface area contributed by atoms with E-state index >= 15 is 0 Å². The number of carbonyl (C=O) groups excluding carboxylic acids is 1. The molecule has 132 valence electrons. The first-order valence-electron chi connectivity index (χ1n) is 8.62. The van der Waals surface area contributed by atoms with E-state index in [2.05, 4.69) is 0 Å². The van der Waals surface area contributed by atoms with E-state index in [4.69, 9.17) is 10.5 Å². The number of hydrogen-bond donors (Lipinski definition) is 1. The van der Waals surface area contributed by atoms with E-state index in [1.165, 1.54) is 12.1 Å². The van der Waals surface area contributed by atoms with Crippen LogP contribution in [-0.2, 0) is 11.2 Å². The summed E-state index contributed by atoms with van der Waals surface area (Å²) in [6, 6.07) is 15.4. The predicted molar refractivity (Wildman–Crippen MR) is 94.8 cm³/mol. The summed E-state index contributed by atoms with van der Waals surface area (Å²) < 4.78 is 19.0. The molecule has 1 aliphatic heterocycles. The van der Waals surface area contributed by atoms with E-state index in [0.717, 1.165) is 18.4 Å². The van der Waals surface area contributed by atoms with Crippen LogP contribution in [0.2, 0.25) is 0 Å². The highest BCUT2D eigenvalue weighted by atomic mass is 19.1. The van der Waals surface area contributed by atoms with Crippen LogP contribution in [0.15, 0.2) is 54.6 Å². The molecule has 0 aromatic heterocycles. The van der Waals surface area contributed by atoms with Crippen LogP contribution in [0.1, 0.15) is 18.4 Å². The minimum absolute atomic E-state index is 0.00352. The Morgan fingerprint density at radius 1 is 1.16 bits per heavy atom. The Morgan fingerprint density at radius 3 is 2.56 bits per heavy atom. The molecule has 0 saturated carbocycles. The third-order valence-electron chi connectivity index (χ3n) is 4.47. The monoisotopic (exact) mass is 342 g/mol. The molecule has 2 N–H and O–H groups in total. The molecule has 0 bridgehead atoms. The van der Waals surface area contributed by atoms with Crippen LogP contribution in [0.5, 0.6) is 5.75 Å². The van der Waals surface area contributed by atoms with Crippen molar-refractivity contribution in [2.75, 3.05) is 13.1 Å². The molecule has 0 spiro atoms. The smallest absolute Gasteiger partial charge is 0.239 e. The standard InChI is InChI=1S/C20H23FN2O2/c21-16-7-4-8-18(14-16)25-17-9-11-23(12-10-17)20(24)19(22)13-15-5-2-1-3-6-15/h1-8,14,17,19H,9-13,22H2. The van der Waals surface area contributed by atoms with Crippen LogP contribution in [0.4, 0.5) is 4.39 Å². The molecule has 1 heterocycles. The first-order chi connectivity index (χ1) is 12.1. The Labute approximate surface area is 147 Å². The van der Waals surface area contributed by atoms with Gasteiger partial charge in [-0.2, -0.15) is 0 Å². The summed E-state index contributed by atoms with van der Waals surface area (Å²) in [5, 5.41) is 0. The highest BCUT2D eigenvalue weighted by Gasteiger charge is 2.27. The number of amides is 1. The molecule has 2 aromatic carbocycles. The maximum Gasteiger partial charge on any atom is 0.239 e. The van der Waals surface area contributed by atoms with Crippen LogP contribution >= 0.6 is 0 Å². The van der Waals surface area contributed by atoms with Gasteiger partial charge in [0.25, 0.3) is 0 Å². The molecule has 1 unspecified atom stereocenters. The molecule has 1 atom stereocenters. The number of carbonyl (C=O) groups is 1. The summed E-state index contributed by atoms with van der Waals surface area (Å²) in [6.45, 7) is 1.22. The minimum Gasteiger partial charge on any atom is -0.490 e. The van der Waals surface area contributed by atoms with Crippen molar-refractivity contribution in [1.29, 1.82) is 0 Å². The Kier molecular flexibility index (Phi) is 5.66. The van der Waals surface area contributed by atoms with Gasteiger partial charge in [0.1, 0.15) is 17.7 Å². The Balaban J connectivity index is 1.49. The lowest BCUT2D eigenvalue weighted by molar-refractivity contribution is -0.134. The van der Waals surface area contributed by atoms with Crippen molar-refractivity contribution in [2.45, 2.75) is 31.4 Å². The maximum absolute atomic E-state index is 13.2. The van der Waals surface area contributed by atoms with Gasteiger partial charge in [-0.25, -0.2) is 4.39 Å². The van der Waals surface area contributed by atoms with Gasteiger partial charge in [-0.15, -0.1) is 0 Å². The average molecular weight is 342 g/mol. The van der Waals surface area contributed by atoms with Gasteiger partial charge in [0.2, 0.25) is 5.91 Å². The molecule has 2 aromatic rings. The summed E-state index contributed by atoms with van der Waals surface area (Å²) >= 11 is 0. The van der Waals surface area contributed by atoms with Crippen molar-refractivity contribution in [3.8, 4) is 5.75 Å². The number of nitrogens with zero attached hydrogens (tertiary/aromatic N) is 1. The molecule has 5 heteroatoms. The fourth-order valence-corrected chi connectivity index (χ4v) is 3.12. The molecule has 3 rings (SSSR count). The van der Waals surface area contributed by atoms with Crippen molar-refractivity contribution in [3.05, 3.63) is 66.0 Å². The zero-order valence-corrected chi connectivity index (χ0v) is 14.1. The molecular formula is C20H23FN2O2. The Bertz CT molecular complexity index is 700. The van der Waals surface area contributed by atoms with Crippen molar-refractivity contribution < 1.29 is 13.9 Å².